The van der Waals surface area contributed by atoms with Gasteiger partial charge >= 0.3 is 0 Å². The van der Waals surface area contributed by atoms with Crippen LogP contribution in [0.5, 0.6) is 0 Å². The van der Waals surface area contributed by atoms with Crippen molar-refractivity contribution in [2.75, 3.05) is 27.2 Å². The zero-order valence-corrected chi connectivity index (χ0v) is 15.9. The highest BCUT2D eigenvalue weighted by atomic mass is 32.2. The van der Waals surface area contributed by atoms with Gasteiger partial charge in [0.1, 0.15) is 11.5 Å². The number of rotatable bonds is 4. The summed E-state index contributed by atoms with van der Waals surface area (Å²) in [7, 11) is 1.64. The smallest absolute Gasteiger partial charge is 0.281 e. The van der Waals surface area contributed by atoms with Crippen molar-refractivity contribution in [3.63, 3.8) is 0 Å². The van der Waals surface area contributed by atoms with E-state index < -0.39 is 10.2 Å². The summed E-state index contributed by atoms with van der Waals surface area (Å²) in [5, 5.41) is 0. The van der Waals surface area contributed by atoms with Gasteiger partial charge in [-0.05, 0) is 19.8 Å². The predicted octanol–water partition coefficient (Wildman–Crippen LogP) is 1.17. The fourth-order valence-corrected chi connectivity index (χ4v) is 4.36. The van der Waals surface area contributed by atoms with Gasteiger partial charge in [0.15, 0.2) is 0 Å². The van der Waals surface area contributed by atoms with Crippen molar-refractivity contribution in [1.29, 1.82) is 0 Å². The molecule has 0 radical (unpaired) electrons. The largest absolute Gasteiger partial charge is 0.330 e. The lowest BCUT2D eigenvalue weighted by atomic mass is 9.93. The molecule has 2 aromatic rings. The highest BCUT2D eigenvalue weighted by molar-refractivity contribution is 7.86. The zero-order valence-electron chi connectivity index (χ0n) is 15.0. The van der Waals surface area contributed by atoms with E-state index in [-0.39, 0.29) is 5.92 Å². The highest BCUT2D eigenvalue weighted by Gasteiger charge is 2.33. The number of piperidine rings is 1. The molecule has 1 atom stereocenters. The van der Waals surface area contributed by atoms with Crippen LogP contribution in [0.3, 0.4) is 0 Å². The Balaban J connectivity index is 1.96. The van der Waals surface area contributed by atoms with Gasteiger partial charge in [-0.2, -0.15) is 17.0 Å². The van der Waals surface area contributed by atoms with Crippen molar-refractivity contribution in [2.24, 2.45) is 7.05 Å². The van der Waals surface area contributed by atoms with E-state index in [0.29, 0.717) is 13.1 Å². The molecule has 136 valence electrons. The minimum Gasteiger partial charge on any atom is -0.330 e. The minimum atomic E-state index is -3.42. The standard InChI is InChI=1S/C16H24N6O2S/c1-12-19-10-14(21(12)4)16-15(17-7-8-18-16)13-6-5-9-22(11-13)25(23,24)20(2)3/h7-8,10,13H,5-6,9,11H2,1-4H3/t13-/m0/s1. The monoisotopic (exact) mass is 364 g/mol. The third-order valence-corrected chi connectivity index (χ3v) is 6.66. The van der Waals surface area contributed by atoms with E-state index in [2.05, 4.69) is 15.0 Å². The van der Waals surface area contributed by atoms with Crippen LogP contribution in [0, 0.1) is 6.92 Å². The summed E-state index contributed by atoms with van der Waals surface area (Å²) in [5.41, 5.74) is 2.51. The molecule has 1 aliphatic heterocycles. The summed E-state index contributed by atoms with van der Waals surface area (Å²) in [5.74, 6) is 0.912. The molecule has 8 nitrogen and oxygen atoms in total. The van der Waals surface area contributed by atoms with Crippen LogP contribution in [-0.2, 0) is 17.3 Å². The molecular formula is C16H24N6O2S. The molecule has 0 N–H and O–H groups in total. The van der Waals surface area contributed by atoms with Gasteiger partial charge in [-0.25, -0.2) is 4.98 Å². The van der Waals surface area contributed by atoms with Gasteiger partial charge in [-0.15, -0.1) is 0 Å². The Kier molecular flexibility index (Phi) is 4.90. The SMILES string of the molecule is Cc1ncc(-c2nccnc2[C@H]2CCCN(S(=O)(=O)N(C)C)C2)n1C. The van der Waals surface area contributed by atoms with Crippen LogP contribution in [0.25, 0.3) is 11.4 Å². The second kappa shape index (κ2) is 6.81. The number of imidazole rings is 1. The third kappa shape index (κ3) is 3.31. The van der Waals surface area contributed by atoms with E-state index in [9.17, 15) is 8.42 Å². The normalized spacial score (nSPS) is 19.5. The fraction of sp³-hybridized carbons (Fsp3) is 0.562. The highest BCUT2D eigenvalue weighted by Crippen LogP contribution is 2.32. The summed E-state index contributed by atoms with van der Waals surface area (Å²) in [6, 6.07) is 0. The summed E-state index contributed by atoms with van der Waals surface area (Å²) >= 11 is 0. The summed E-state index contributed by atoms with van der Waals surface area (Å²) < 4.78 is 29.7. The Morgan fingerprint density at radius 1 is 1.20 bits per heavy atom. The molecule has 0 unspecified atom stereocenters. The Labute approximate surface area is 148 Å². The Morgan fingerprint density at radius 2 is 1.92 bits per heavy atom. The van der Waals surface area contributed by atoms with E-state index in [1.165, 1.54) is 8.61 Å². The quantitative estimate of drug-likeness (QED) is 0.813. The molecule has 2 aromatic heterocycles. The lowest BCUT2D eigenvalue weighted by Crippen LogP contribution is -2.45. The molecule has 0 aliphatic carbocycles. The molecule has 0 saturated carbocycles. The molecule has 0 aromatic carbocycles. The molecule has 1 saturated heterocycles. The lowest BCUT2D eigenvalue weighted by molar-refractivity contribution is 0.296. The van der Waals surface area contributed by atoms with Crippen LogP contribution >= 0.6 is 0 Å². The van der Waals surface area contributed by atoms with Crippen molar-refractivity contribution >= 4 is 10.2 Å². The molecule has 0 amide bonds. The van der Waals surface area contributed by atoms with Crippen molar-refractivity contribution in [3.8, 4) is 11.4 Å². The lowest BCUT2D eigenvalue weighted by Gasteiger charge is -2.33. The summed E-state index contributed by atoms with van der Waals surface area (Å²) in [4.78, 5) is 13.4. The van der Waals surface area contributed by atoms with Crippen LogP contribution in [0.15, 0.2) is 18.6 Å². The van der Waals surface area contributed by atoms with E-state index in [0.717, 1.165) is 35.7 Å². The van der Waals surface area contributed by atoms with Crippen LogP contribution in [-0.4, -0.2) is 63.7 Å². The van der Waals surface area contributed by atoms with E-state index in [4.69, 9.17) is 0 Å². The van der Waals surface area contributed by atoms with Crippen LogP contribution in [0.2, 0.25) is 0 Å². The van der Waals surface area contributed by atoms with Crippen LogP contribution < -0.4 is 0 Å². The van der Waals surface area contributed by atoms with Gasteiger partial charge in [0, 0.05) is 52.5 Å². The first kappa shape index (κ1) is 18.0. The first-order valence-corrected chi connectivity index (χ1v) is 9.69. The maximum atomic E-state index is 12.5. The molecule has 0 spiro atoms. The van der Waals surface area contributed by atoms with Gasteiger partial charge in [-0.3, -0.25) is 9.97 Å². The maximum Gasteiger partial charge on any atom is 0.281 e. The molecule has 25 heavy (non-hydrogen) atoms. The van der Waals surface area contributed by atoms with Crippen molar-refractivity contribution in [3.05, 3.63) is 30.1 Å². The Hall–Kier alpha value is -1.84. The van der Waals surface area contributed by atoms with Gasteiger partial charge in [0.25, 0.3) is 10.2 Å². The first-order valence-electron chi connectivity index (χ1n) is 8.29. The fourth-order valence-electron chi connectivity index (χ4n) is 3.17. The number of nitrogens with zero attached hydrogens (tertiary/aromatic N) is 6. The number of hydrogen-bond acceptors (Lipinski definition) is 5. The minimum absolute atomic E-state index is 0.0161. The van der Waals surface area contributed by atoms with Gasteiger partial charge in [0.05, 0.1) is 17.6 Å². The molecule has 1 fully saturated rings. The third-order valence-electron chi connectivity index (χ3n) is 4.75. The number of aryl methyl sites for hydroxylation is 1. The zero-order chi connectivity index (χ0) is 18.2. The molecule has 3 heterocycles. The molecular weight excluding hydrogens is 340 g/mol. The van der Waals surface area contributed by atoms with Crippen molar-refractivity contribution < 1.29 is 8.42 Å². The van der Waals surface area contributed by atoms with E-state index in [1.54, 1.807) is 32.7 Å². The van der Waals surface area contributed by atoms with Crippen molar-refractivity contribution in [2.45, 2.75) is 25.7 Å². The Bertz CT molecular complexity index is 861. The number of aromatic nitrogens is 4. The van der Waals surface area contributed by atoms with Gasteiger partial charge in [0.2, 0.25) is 0 Å². The molecule has 0 bridgehead atoms. The van der Waals surface area contributed by atoms with Crippen LogP contribution in [0.1, 0.15) is 30.3 Å². The second-order valence-corrected chi connectivity index (χ2v) is 8.67. The predicted molar refractivity (Wildman–Crippen MR) is 95.1 cm³/mol. The average Bonchev–Trinajstić information content (AvgIpc) is 2.94. The van der Waals surface area contributed by atoms with Crippen LogP contribution in [0.4, 0.5) is 0 Å². The van der Waals surface area contributed by atoms with Gasteiger partial charge < -0.3 is 4.57 Å². The van der Waals surface area contributed by atoms with Gasteiger partial charge in [-0.1, -0.05) is 0 Å². The molecule has 1 aliphatic rings. The average molecular weight is 364 g/mol. The first-order chi connectivity index (χ1) is 11.8. The maximum absolute atomic E-state index is 12.5. The van der Waals surface area contributed by atoms with Crippen molar-refractivity contribution in [1.82, 2.24) is 28.1 Å². The molecule has 3 rings (SSSR count). The van der Waals surface area contributed by atoms with E-state index >= 15 is 0 Å². The number of hydrogen-bond donors (Lipinski definition) is 0. The van der Waals surface area contributed by atoms with E-state index in [1.807, 2.05) is 18.5 Å². The molecule has 9 heteroatoms. The summed E-state index contributed by atoms with van der Waals surface area (Å²) in [6.45, 7) is 2.89. The Morgan fingerprint density at radius 3 is 2.56 bits per heavy atom. The summed E-state index contributed by atoms with van der Waals surface area (Å²) in [6.07, 6.45) is 6.82. The topological polar surface area (TPSA) is 84.2 Å². The second-order valence-electron chi connectivity index (χ2n) is 6.53.